The molecular formula is C36H43N10O16P3. The van der Waals surface area contributed by atoms with Gasteiger partial charge in [0.05, 0.1) is 39.1 Å². The summed E-state index contributed by atoms with van der Waals surface area (Å²) in [5.41, 5.74) is 14.5. The van der Waals surface area contributed by atoms with Crippen LogP contribution in [0.2, 0.25) is 0 Å². The van der Waals surface area contributed by atoms with Gasteiger partial charge in [0.1, 0.15) is 60.3 Å². The van der Waals surface area contributed by atoms with Gasteiger partial charge in [-0.2, -0.15) is 8.62 Å². The number of anilines is 2. The van der Waals surface area contributed by atoms with Crippen LogP contribution in [0.4, 0.5) is 11.6 Å². The number of nitrogens with two attached hydrogens (primary N) is 2. The molecule has 29 heteroatoms. The van der Waals surface area contributed by atoms with Gasteiger partial charge < -0.3 is 55.3 Å². The zero-order valence-corrected chi connectivity index (χ0v) is 36.4. The first-order chi connectivity index (χ1) is 31.1. The molecule has 9 N–H and O–H groups in total. The van der Waals surface area contributed by atoms with Crippen molar-refractivity contribution < 1.29 is 75.2 Å². The smallest absolute Gasteiger partial charge is 0.387 e. The largest absolute Gasteiger partial charge is 0.490 e. The lowest BCUT2D eigenvalue weighted by atomic mass is 10.1. The lowest BCUT2D eigenvalue weighted by molar-refractivity contribution is -0.0695. The zero-order chi connectivity index (χ0) is 45.9. The first kappa shape index (κ1) is 46.8. The highest BCUT2D eigenvalue weighted by Crippen LogP contribution is 2.68. The van der Waals surface area contributed by atoms with Gasteiger partial charge in [-0.3, -0.25) is 18.2 Å². The minimum absolute atomic E-state index is 0.0485. The van der Waals surface area contributed by atoms with Gasteiger partial charge in [0, 0.05) is 0 Å². The first-order valence-electron chi connectivity index (χ1n) is 19.6. The Morgan fingerprint density at radius 3 is 1.57 bits per heavy atom. The van der Waals surface area contributed by atoms with Gasteiger partial charge in [0.15, 0.2) is 35.4 Å². The Hall–Kier alpha value is -4.69. The Kier molecular flexibility index (Phi) is 14.2. The quantitative estimate of drug-likeness (QED) is 0.0538. The number of nitrogens with zero attached hydrogens (tertiary/aromatic N) is 8. The molecule has 348 valence electrons. The van der Waals surface area contributed by atoms with Crippen LogP contribution in [0.5, 0.6) is 0 Å². The number of benzene rings is 2. The van der Waals surface area contributed by atoms with Crippen molar-refractivity contribution in [2.24, 2.45) is 0 Å². The molecule has 6 aromatic rings. The SMILES string of the molecule is Nc1ncnc2c1ncn2[C@@H]1O[C@H](COP(=O)(O)OP(=O)(O)OP(=O)(O)OC[C@H]2O[C@H](n3cnc4c(N)ncnc43)[C@@H](O)[C@H]2OCCc2ccccc2)[C@@H](O)[C@H]1OCCc1ccccc1. The molecule has 0 spiro atoms. The summed E-state index contributed by atoms with van der Waals surface area (Å²) in [5.74, 6) is 0.117. The lowest BCUT2D eigenvalue weighted by Gasteiger charge is -2.23. The highest BCUT2D eigenvalue weighted by molar-refractivity contribution is 7.66. The van der Waals surface area contributed by atoms with Crippen molar-refractivity contribution in [2.45, 2.75) is 61.9 Å². The molecule has 11 atom stereocenters. The number of aliphatic hydroxyl groups excluding tert-OH is 2. The Labute approximate surface area is 367 Å². The number of hydrogen-bond donors (Lipinski definition) is 7. The number of fused-ring (bicyclic) bond motifs is 2. The van der Waals surface area contributed by atoms with Gasteiger partial charge in [-0.05, 0) is 24.0 Å². The van der Waals surface area contributed by atoms with Crippen molar-refractivity contribution in [1.29, 1.82) is 0 Å². The molecule has 3 unspecified atom stereocenters. The summed E-state index contributed by atoms with van der Waals surface area (Å²) in [6.45, 7) is -1.69. The minimum Gasteiger partial charge on any atom is -0.387 e. The van der Waals surface area contributed by atoms with E-state index in [1.165, 1.54) is 34.4 Å². The standard InChI is InChI=1S/C36H43N10O16P3/c37-31-25-33(41-17-39-31)45(19-43-25)35-28(48)29(55-13-11-21-7-3-1-4-8-21)24(60-35)16-58-64(51,52)62-65(53,54)61-63(49,50)57-15-23-27(47)30(56-14-12-22-9-5-2-6-10-22)36(59-23)46-20-44-26-32(38)40-18-42-34(26)46/h1-10,17-20,23-24,27-30,35-36,47-48H,11-16H2,(H,49,50)(H,51,52)(H,53,54)(H2,37,39,41)(H2,38,40,42)/t23-,24-,27-,28+,29+,30-,35+,36-/m1/s1. The number of aliphatic hydroxyl groups is 2. The number of imidazole rings is 2. The molecule has 65 heavy (non-hydrogen) atoms. The lowest BCUT2D eigenvalue weighted by Crippen LogP contribution is -2.37. The summed E-state index contributed by atoms with van der Waals surface area (Å²) in [4.78, 5) is 55.9. The molecule has 0 radical (unpaired) electrons. The van der Waals surface area contributed by atoms with Gasteiger partial charge in [-0.25, -0.2) is 43.6 Å². The van der Waals surface area contributed by atoms with Gasteiger partial charge in [-0.15, -0.1) is 0 Å². The fourth-order valence-electron chi connectivity index (χ4n) is 7.23. The molecular weight excluding hydrogens is 921 g/mol. The molecule has 0 saturated carbocycles. The number of hydrogen-bond acceptors (Lipinski definition) is 21. The maximum absolute atomic E-state index is 13.1. The molecule has 0 amide bonds. The topological polar surface area (TPSA) is 365 Å². The van der Waals surface area contributed by atoms with E-state index in [0.29, 0.717) is 12.8 Å². The van der Waals surface area contributed by atoms with E-state index in [0.717, 1.165) is 11.1 Å². The van der Waals surface area contributed by atoms with Crippen molar-refractivity contribution in [1.82, 2.24) is 39.0 Å². The average Bonchev–Trinajstić information content (AvgIpc) is 4.04. The van der Waals surface area contributed by atoms with Crippen LogP contribution in [0, 0.1) is 0 Å². The molecule has 2 aliphatic heterocycles. The molecule has 6 heterocycles. The van der Waals surface area contributed by atoms with E-state index in [1.54, 1.807) is 0 Å². The fourth-order valence-corrected chi connectivity index (χ4v) is 10.8. The highest BCUT2D eigenvalue weighted by atomic mass is 31.3. The molecule has 2 aliphatic rings. The van der Waals surface area contributed by atoms with Crippen molar-refractivity contribution in [2.75, 3.05) is 37.9 Å². The third-order valence-corrected chi connectivity index (χ3v) is 14.5. The molecule has 8 rings (SSSR count). The maximum atomic E-state index is 13.1. The van der Waals surface area contributed by atoms with Crippen LogP contribution in [0.25, 0.3) is 22.3 Å². The summed E-state index contributed by atoms with van der Waals surface area (Å²) >= 11 is 0. The average molecular weight is 965 g/mol. The summed E-state index contributed by atoms with van der Waals surface area (Å²) in [6.07, 6.45) is -4.75. The van der Waals surface area contributed by atoms with Gasteiger partial charge in [0.2, 0.25) is 0 Å². The van der Waals surface area contributed by atoms with Crippen molar-refractivity contribution in [3.8, 4) is 0 Å². The number of ether oxygens (including phenoxy) is 4. The van der Waals surface area contributed by atoms with E-state index in [2.05, 4.69) is 38.5 Å². The van der Waals surface area contributed by atoms with Gasteiger partial charge >= 0.3 is 23.5 Å². The van der Waals surface area contributed by atoms with Crippen LogP contribution in [-0.4, -0.2) is 127 Å². The van der Waals surface area contributed by atoms with Crippen molar-refractivity contribution >= 4 is 57.4 Å². The molecule has 2 aromatic carbocycles. The summed E-state index contributed by atoms with van der Waals surface area (Å²) in [6, 6.07) is 18.5. The molecule has 2 saturated heterocycles. The Bertz CT molecular complexity index is 2720. The first-order valence-corrected chi connectivity index (χ1v) is 24.1. The van der Waals surface area contributed by atoms with Crippen LogP contribution < -0.4 is 11.5 Å². The highest BCUT2D eigenvalue weighted by Gasteiger charge is 2.50. The Morgan fingerprint density at radius 1 is 0.585 bits per heavy atom. The normalized spacial score (nSPS) is 26.3. The second kappa shape index (κ2) is 19.6. The maximum Gasteiger partial charge on any atom is 0.490 e. The van der Waals surface area contributed by atoms with E-state index in [-0.39, 0.29) is 47.2 Å². The third kappa shape index (κ3) is 11.0. The monoisotopic (exact) mass is 964 g/mol. The Morgan fingerprint density at radius 2 is 1.05 bits per heavy atom. The number of phosphoric ester groups is 2. The second-order valence-electron chi connectivity index (χ2n) is 14.6. The summed E-state index contributed by atoms with van der Waals surface area (Å²) in [5, 5.41) is 22.7. The van der Waals surface area contributed by atoms with Crippen LogP contribution >= 0.6 is 23.5 Å². The van der Waals surface area contributed by atoms with Crippen LogP contribution in [0.1, 0.15) is 23.6 Å². The van der Waals surface area contributed by atoms with E-state index >= 15 is 0 Å². The number of rotatable bonds is 20. The third-order valence-electron chi connectivity index (χ3n) is 10.2. The zero-order valence-electron chi connectivity index (χ0n) is 33.7. The van der Waals surface area contributed by atoms with Crippen LogP contribution in [0.3, 0.4) is 0 Å². The second-order valence-corrected chi connectivity index (χ2v) is 19.2. The molecule has 0 bridgehead atoms. The predicted molar refractivity (Wildman–Crippen MR) is 223 cm³/mol. The van der Waals surface area contributed by atoms with E-state index in [4.69, 9.17) is 39.5 Å². The molecule has 26 nitrogen and oxygen atoms in total. The van der Waals surface area contributed by atoms with Crippen molar-refractivity contribution in [3.63, 3.8) is 0 Å². The van der Waals surface area contributed by atoms with Crippen LogP contribution in [0.15, 0.2) is 86.0 Å². The van der Waals surface area contributed by atoms with Gasteiger partial charge in [-0.1, -0.05) is 60.7 Å². The predicted octanol–water partition coefficient (Wildman–Crippen LogP) is 1.97. The van der Waals surface area contributed by atoms with E-state index in [1.807, 2.05) is 60.7 Å². The fraction of sp³-hybridized carbons (Fsp3) is 0.389. The Balaban J connectivity index is 0.900. The van der Waals surface area contributed by atoms with Crippen LogP contribution in [-0.2, 0) is 63.2 Å². The van der Waals surface area contributed by atoms with Gasteiger partial charge in [0.25, 0.3) is 0 Å². The summed E-state index contributed by atoms with van der Waals surface area (Å²) < 4.78 is 84.3. The van der Waals surface area contributed by atoms with E-state index in [9.17, 15) is 38.6 Å². The van der Waals surface area contributed by atoms with Crippen molar-refractivity contribution in [3.05, 3.63) is 97.1 Å². The number of phosphoric acid groups is 3. The minimum atomic E-state index is -5.98. The van der Waals surface area contributed by atoms with E-state index < -0.39 is 85.8 Å². The summed E-state index contributed by atoms with van der Waals surface area (Å²) in [7, 11) is -17.3. The number of aromatic nitrogens is 8. The number of nitrogen functional groups attached to an aromatic ring is 2. The molecule has 0 aliphatic carbocycles. The molecule has 4 aromatic heterocycles. The molecule has 2 fully saturated rings.